The summed E-state index contributed by atoms with van der Waals surface area (Å²) in [6.45, 7) is 2.06. The molecular formula is C16H14FNO3. The Bertz CT molecular complexity index is 762. The number of hydrogen-bond donors (Lipinski definition) is 1. The van der Waals surface area contributed by atoms with Crippen LogP contribution >= 0.6 is 0 Å². The molecule has 0 bridgehead atoms. The molecule has 0 atom stereocenters. The highest BCUT2D eigenvalue weighted by molar-refractivity contribution is 5.85. The largest absolute Gasteiger partial charge is 0.478 e. The van der Waals surface area contributed by atoms with Crippen molar-refractivity contribution in [3.8, 4) is 0 Å². The molecule has 0 radical (unpaired) electrons. The second-order valence-corrected chi connectivity index (χ2v) is 4.61. The molecule has 0 fully saturated rings. The van der Waals surface area contributed by atoms with E-state index in [-0.39, 0.29) is 12.1 Å². The topological polar surface area (TPSA) is 59.3 Å². The number of benzene rings is 1. The van der Waals surface area contributed by atoms with Gasteiger partial charge >= 0.3 is 5.97 Å². The molecule has 1 N–H and O–H groups in total. The zero-order chi connectivity index (χ0) is 15.4. The van der Waals surface area contributed by atoms with Crippen LogP contribution in [0.1, 0.15) is 16.8 Å². The molecule has 0 saturated carbocycles. The van der Waals surface area contributed by atoms with Crippen LogP contribution < -0.4 is 5.56 Å². The lowest BCUT2D eigenvalue weighted by atomic mass is 10.1. The average Bonchev–Trinajstić information content (AvgIpc) is 2.42. The first kappa shape index (κ1) is 14.7. The SMILES string of the molecule is Cc1cccc(=O)n1Cc1ccc(F)cc1C=CC(=O)O. The molecule has 0 aliphatic heterocycles. The molecule has 21 heavy (non-hydrogen) atoms. The minimum absolute atomic E-state index is 0.160. The van der Waals surface area contributed by atoms with E-state index in [9.17, 15) is 14.0 Å². The molecule has 2 aromatic rings. The van der Waals surface area contributed by atoms with Crippen LogP contribution in [0, 0.1) is 12.7 Å². The normalized spacial score (nSPS) is 11.0. The van der Waals surface area contributed by atoms with Gasteiger partial charge in [-0.25, -0.2) is 9.18 Å². The van der Waals surface area contributed by atoms with E-state index < -0.39 is 11.8 Å². The predicted molar refractivity (Wildman–Crippen MR) is 77.6 cm³/mol. The molecule has 1 aromatic heterocycles. The van der Waals surface area contributed by atoms with Crippen molar-refractivity contribution in [2.75, 3.05) is 0 Å². The molecule has 0 aliphatic carbocycles. The lowest BCUT2D eigenvalue weighted by Crippen LogP contribution is -2.21. The Hall–Kier alpha value is -2.69. The van der Waals surface area contributed by atoms with E-state index in [0.29, 0.717) is 11.1 Å². The summed E-state index contributed by atoms with van der Waals surface area (Å²) in [7, 11) is 0. The number of pyridine rings is 1. The van der Waals surface area contributed by atoms with Gasteiger partial charge in [-0.2, -0.15) is 0 Å². The summed E-state index contributed by atoms with van der Waals surface area (Å²) in [6.07, 6.45) is 2.27. The van der Waals surface area contributed by atoms with Gasteiger partial charge in [0.05, 0.1) is 6.54 Å². The van der Waals surface area contributed by atoms with E-state index in [2.05, 4.69) is 0 Å². The number of halogens is 1. The summed E-state index contributed by atoms with van der Waals surface area (Å²) in [5.41, 5.74) is 1.73. The summed E-state index contributed by atoms with van der Waals surface area (Å²) in [5, 5.41) is 8.68. The molecule has 108 valence electrons. The standard InChI is InChI=1S/C16H14FNO3/c1-11-3-2-4-15(19)18(11)10-13-5-7-14(17)9-12(13)6-8-16(20)21/h2-9H,10H2,1H3,(H,20,21). The summed E-state index contributed by atoms with van der Waals surface area (Å²) in [4.78, 5) is 22.5. The van der Waals surface area contributed by atoms with Crippen LogP contribution in [-0.4, -0.2) is 15.6 Å². The Morgan fingerprint density at radius 2 is 2.10 bits per heavy atom. The smallest absolute Gasteiger partial charge is 0.328 e. The highest BCUT2D eigenvalue weighted by Crippen LogP contribution is 2.15. The quantitative estimate of drug-likeness (QED) is 0.879. The lowest BCUT2D eigenvalue weighted by molar-refractivity contribution is -0.131. The molecule has 0 aliphatic rings. The van der Waals surface area contributed by atoms with Crippen LogP contribution in [-0.2, 0) is 11.3 Å². The number of hydrogen-bond acceptors (Lipinski definition) is 2. The van der Waals surface area contributed by atoms with E-state index >= 15 is 0 Å². The minimum atomic E-state index is -1.11. The van der Waals surface area contributed by atoms with Gasteiger partial charge in [-0.3, -0.25) is 4.79 Å². The van der Waals surface area contributed by atoms with Gasteiger partial charge < -0.3 is 9.67 Å². The Balaban J connectivity index is 2.45. The maximum Gasteiger partial charge on any atom is 0.328 e. The summed E-state index contributed by atoms with van der Waals surface area (Å²) in [6, 6.07) is 9.01. The fraction of sp³-hybridized carbons (Fsp3) is 0.125. The van der Waals surface area contributed by atoms with Gasteiger partial charge in [0.25, 0.3) is 5.56 Å². The lowest BCUT2D eigenvalue weighted by Gasteiger charge is -2.11. The number of rotatable bonds is 4. The number of carboxylic acid groups (broad SMARTS) is 1. The first-order valence-electron chi connectivity index (χ1n) is 6.33. The van der Waals surface area contributed by atoms with Crippen molar-refractivity contribution < 1.29 is 14.3 Å². The van der Waals surface area contributed by atoms with Crippen molar-refractivity contribution in [1.29, 1.82) is 0 Å². The zero-order valence-corrected chi connectivity index (χ0v) is 11.4. The van der Waals surface area contributed by atoms with E-state index in [4.69, 9.17) is 5.11 Å². The van der Waals surface area contributed by atoms with Crippen molar-refractivity contribution in [3.05, 3.63) is 75.5 Å². The molecule has 0 spiro atoms. The number of carbonyl (C=O) groups is 1. The number of nitrogens with zero attached hydrogens (tertiary/aromatic N) is 1. The van der Waals surface area contributed by atoms with Crippen LogP contribution in [0.25, 0.3) is 6.08 Å². The Kier molecular flexibility index (Phi) is 4.33. The minimum Gasteiger partial charge on any atom is -0.478 e. The highest BCUT2D eigenvalue weighted by Gasteiger charge is 2.06. The molecule has 1 aromatic carbocycles. The maximum absolute atomic E-state index is 13.3. The Morgan fingerprint density at radius 3 is 2.76 bits per heavy atom. The summed E-state index contributed by atoms with van der Waals surface area (Å²) in [5.74, 6) is -1.57. The molecule has 5 heteroatoms. The fourth-order valence-corrected chi connectivity index (χ4v) is 2.02. The van der Waals surface area contributed by atoms with Crippen molar-refractivity contribution in [3.63, 3.8) is 0 Å². The van der Waals surface area contributed by atoms with Gasteiger partial charge in [0.1, 0.15) is 5.82 Å². The molecule has 0 saturated heterocycles. The summed E-state index contributed by atoms with van der Waals surface area (Å²) < 4.78 is 14.9. The molecule has 2 rings (SSSR count). The number of carboxylic acids is 1. The summed E-state index contributed by atoms with van der Waals surface area (Å²) >= 11 is 0. The Morgan fingerprint density at radius 1 is 1.33 bits per heavy atom. The van der Waals surface area contributed by atoms with Crippen LogP contribution in [0.3, 0.4) is 0 Å². The highest BCUT2D eigenvalue weighted by atomic mass is 19.1. The van der Waals surface area contributed by atoms with Crippen LogP contribution in [0.5, 0.6) is 0 Å². The zero-order valence-electron chi connectivity index (χ0n) is 11.4. The maximum atomic E-state index is 13.3. The second kappa shape index (κ2) is 6.17. The van der Waals surface area contributed by atoms with Gasteiger partial charge in [0.2, 0.25) is 0 Å². The van der Waals surface area contributed by atoms with E-state index in [0.717, 1.165) is 11.8 Å². The van der Waals surface area contributed by atoms with Gasteiger partial charge in [-0.1, -0.05) is 12.1 Å². The average molecular weight is 287 g/mol. The van der Waals surface area contributed by atoms with Crippen molar-refractivity contribution in [1.82, 2.24) is 4.57 Å². The molecule has 4 nitrogen and oxygen atoms in total. The fourth-order valence-electron chi connectivity index (χ4n) is 2.02. The van der Waals surface area contributed by atoms with Crippen molar-refractivity contribution >= 4 is 12.0 Å². The number of aromatic nitrogens is 1. The molecule has 0 unspecified atom stereocenters. The van der Waals surface area contributed by atoms with E-state index in [1.54, 1.807) is 29.7 Å². The van der Waals surface area contributed by atoms with Crippen LogP contribution in [0.2, 0.25) is 0 Å². The Labute approximate surface area is 120 Å². The molecular weight excluding hydrogens is 273 g/mol. The molecule has 0 amide bonds. The first-order valence-corrected chi connectivity index (χ1v) is 6.33. The number of aryl methyl sites for hydroxylation is 1. The predicted octanol–water partition coefficient (Wildman–Crippen LogP) is 2.44. The van der Waals surface area contributed by atoms with Crippen molar-refractivity contribution in [2.45, 2.75) is 13.5 Å². The van der Waals surface area contributed by atoms with Crippen LogP contribution in [0.15, 0.2) is 47.3 Å². The third kappa shape index (κ3) is 3.66. The van der Waals surface area contributed by atoms with Gasteiger partial charge in [-0.15, -0.1) is 0 Å². The van der Waals surface area contributed by atoms with E-state index in [1.807, 2.05) is 0 Å². The van der Waals surface area contributed by atoms with Gasteiger partial charge in [-0.05, 0) is 42.3 Å². The number of aliphatic carboxylic acids is 1. The van der Waals surface area contributed by atoms with E-state index in [1.165, 1.54) is 24.3 Å². The molecule has 1 heterocycles. The first-order chi connectivity index (χ1) is 9.97. The third-order valence-corrected chi connectivity index (χ3v) is 3.11. The van der Waals surface area contributed by atoms with Gasteiger partial charge in [0.15, 0.2) is 0 Å². The van der Waals surface area contributed by atoms with Crippen LogP contribution in [0.4, 0.5) is 4.39 Å². The third-order valence-electron chi connectivity index (χ3n) is 3.11. The monoisotopic (exact) mass is 287 g/mol. The van der Waals surface area contributed by atoms with Gasteiger partial charge in [0, 0.05) is 17.8 Å². The second-order valence-electron chi connectivity index (χ2n) is 4.61. The van der Waals surface area contributed by atoms with Crippen molar-refractivity contribution in [2.24, 2.45) is 0 Å².